The predicted octanol–water partition coefficient (Wildman–Crippen LogP) is 4.28. The first kappa shape index (κ1) is 22.4. The molecule has 4 rings (SSSR count). The Hall–Kier alpha value is -3.75. The number of benzene rings is 2. The lowest BCUT2D eigenvalue weighted by Gasteiger charge is -2.28. The summed E-state index contributed by atoms with van der Waals surface area (Å²) < 4.78 is 1.87. The SMILES string of the molecule is Cc1cc(/C=C2\C(=O)NC(=S)N(c3ccccc3)C2=O)c(C)n1-c1ccc(C(=O)O)c(Cl)c1. The summed E-state index contributed by atoms with van der Waals surface area (Å²) in [5.41, 5.74) is 3.40. The molecule has 2 N–H and O–H groups in total. The maximum Gasteiger partial charge on any atom is 0.337 e. The Morgan fingerprint density at radius 1 is 1.06 bits per heavy atom. The van der Waals surface area contributed by atoms with Gasteiger partial charge in [0.2, 0.25) is 0 Å². The number of amides is 2. The van der Waals surface area contributed by atoms with Gasteiger partial charge in [0, 0.05) is 17.1 Å². The molecule has 1 aromatic heterocycles. The molecule has 0 unspecified atom stereocenters. The van der Waals surface area contributed by atoms with Gasteiger partial charge in [-0.1, -0.05) is 29.8 Å². The highest BCUT2D eigenvalue weighted by molar-refractivity contribution is 7.80. The topological polar surface area (TPSA) is 91.6 Å². The van der Waals surface area contributed by atoms with Crippen LogP contribution in [0.4, 0.5) is 5.69 Å². The molecule has 0 radical (unpaired) electrons. The molecule has 0 atom stereocenters. The minimum absolute atomic E-state index is 0.00617. The second-order valence-electron chi connectivity index (χ2n) is 7.42. The van der Waals surface area contributed by atoms with Crippen LogP contribution in [0.5, 0.6) is 0 Å². The van der Waals surface area contributed by atoms with E-state index in [9.17, 15) is 19.5 Å². The quantitative estimate of drug-likeness (QED) is 0.331. The van der Waals surface area contributed by atoms with Crippen LogP contribution in [0.3, 0.4) is 0 Å². The molecule has 1 aliphatic heterocycles. The Kier molecular flexibility index (Phi) is 5.88. The third-order valence-electron chi connectivity index (χ3n) is 5.33. The summed E-state index contributed by atoms with van der Waals surface area (Å²) in [7, 11) is 0. The number of hydrogen-bond acceptors (Lipinski definition) is 4. The number of carbonyl (C=O) groups is 3. The Balaban J connectivity index is 1.76. The van der Waals surface area contributed by atoms with Crippen LogP contribution >= 0.6 is 23.8 Å². The first-order valence-electron chi connectivity index (χ1n) is 9.87. The van der Waals surface area contributed by atoms with Crippen molar-refractivity contribution in [2.45, 2.75) is 13.8 Å². The number of aromatic nitrogens is 1. The van der Waals surface area contributed by atoms with E-state index >= 15 is 0 Å². The number of nitrogens with zero attached hydrogens (tertiary/aromatic N) is 2. The van der Waals surface area contributed by atoms with Crippen molar-refractivity contribution < 1.29 is 19.5 Å². The summed E-state index contributed by atoms with van der Waals surface area (Å²) in [6.07, 6.45) is 1.53. The normalized spacial score (nSPS) is 15.2. The van der Waals surface area contributed by atoms with Gasteiger partial charge in [-0.15, -0.1) is 0 Å². The molecule has 0 spiro atoms. The third kappa shape index (κ3) is 4.06. The largest absolute Gasteiger partial charge is 0.478 e. The summed E-state index contributed by atoms with van der Waals surface area (Å²) in [5.74, 6) is -2.20. The van der Waals surface area contributed by atoms with Gasteiger partial charge < -0.3 is 9.67 Å². The number of halogens is 1. The molecule has 166 valence electrons. The highest BCUT2D eigenvalue weighted by Crippen LogP contribution is 2.28. The van der Waals surface area contributed by atoms with Gasteiger partial charge in [-0.05, 0) is 74.1 Å². The van der Waals surface area contributed by atoms with E-state index in [0.717, 1.165) is 11.4 Å². The van der Waals surface area contributed by atoms with Crippen molar-refractivity contribution in [2.24, 2.45) is 0 Å². The highest BCUT2D eigenvalue weighted by Gasteiger charge is 2.34. The molecule has 3 aromatic rings. The monoisotopic (exact) mass is 479 g/mol. The molecular formula is C24H18ClN3O4S. The number of carbonyl (C=O) groups excluding carboxylic acids is 2. The molecule has 1 fully saturated rings. The Bertz CT molecular complexity index is 1360. The number of anilines is 1. The molecule has 2 heterocycles. The van der Waals surface area contributed by atoms with E-state index in [1.54, 1.807) is 36.4 Å². The van der Waals surface area contributed by atoms with Gasteiger partial charge in [-0.2, -0.15) is 0 Å². The number of carboxylic acids is 1. The van der Waals surface area contributed by atoms with E-state index in [1.807, 2.05) is 30.5 Å². The van der Waals surface area contributed by atoms with Crippen molar-refractivity contribution in [1.82, 2.24) is 9.88 Å². The number of rotatable bonds is 4. The van der Waals surface area contributed by atoms with Crippen LogP contribution in [0, 0.1) is 13.8 Å². The zero-order valence-electron chi connectivity index (χ0n) is 17.6. The molecule has 0 bridgehead atoms. The average molecular weight is 480 g/mol. The maximum absolute atomic E-state index is 13.2. The Morgan fingerprint density at radius 2 is 1.76 bits per heavy atom. The van der Waals surface area contributed by atoms with Crippen LogP contribution in [-0.2, 0) is 9.59 Å². The van der Waals surface area contributed by atoms with Gasteiger partial charge in [0.1, 0.15) is 5.57 Å². The van der Waals surface area contributed by atoms with Crippen molar-refractivity contribution in [3.8, 4) is 5.69 Å². The van der Waals surface area contributed by atoms with Gasteiger partial charge in [-0.25, -0.2) is 4.79 Å². The number of carboxylic acid groups (broad SMARTS) is 1. The van der Waals surface area contributed by atoms with E-state index in [0.29, 0.717) is 16.9 Å². The molecule has 2 aromatic carbocycles. The molecular weight excluding hydrogens is 462 g/mol. The number of nitrogens with one attached hydrogen (secondary N) is 1. The van der Waals surface area contributed by atoms with E-state index < -0.39 is 17.8 Å². The summed E-state index contributed by atoms with van der Waals surface area (Å²) in [4.78, 5) is 38.4. The standard InChI is InChI=1S/C24H18ClN3O4S/c1-13-10-15(14(2)27(13)17-8-9-18(23(31)32)20(25)12-17)11-19-21(29)26-24(33)28(22(19)30)16-6-4-3-5-7-16/h3-12H,1-2H3,(H,31,32)(H,26,29,33)/b19-11+. The zero-order valence-corrected chi connectivity index (χ0v) is 19.2. The van der Waals surface area contributed by atoms with Crippen LogP contribution in [0.15, 0.2) is 60.2 Å². The molecule has 33 heavy (non-hydrogen) atoms. The number of hydrogen-bond donors (Lipinski definition) is 2. The van der Waals surface area contributed by atoms with Crippen LogP contribution in [0.25, 0.3) is 11.8 Å². The van der Waals surface area contributed by atoms with Crippen molar-refractivity contribution in [2.75, 3.05) is 4.90 Å². The van der Waals surface area contributed by atoms with Gasteiger partial charge in [-0.3, -0.25) is 19.8 Å². The Morgan fingerprint density at radius 3 is 2.39 bits per heavy atom. The van der Waals surface area contributed by atoms with Crippen molar-refractivity contribution in [1.29, 1.82) is 0 Å². The van der Waals surface area contributed by atoms with Gasteiger partial charge >= 0.3 is 5.97 Å². The lowest BCUT2D eigenvalue weighted by atomic mass is 10.1. The van der Waals surface area contributed by atoms with Crippen molar-refractivity contribution in [3.63, 3.8) is 0 Å². The number of aromatic carboxylic acids is 1. The molecule has 1 aliphatic rings. The first-order valence-corrected chi connectivity index (χ1v) is 10.7. The van der Waals surface area contributed by atoms with E-state index in [-0.39, 0.29) is 21.3 Å². The summed E-state index contributed by atoms with van der Waals surface area (Å²) in [6, 6.07) is 15.3. The lowest BCUT2D eigenvalue weighted by Crippen LogP contribution is -2.54. The van der Waals surface area contributed by atoms with Crippen LogP contribution in [-0.4, -0.2) is 32.6 Å². The first-order chi connectivity index (χ1) is 15.7. The molecule has 9 heteroatoms. The molecule has 2 amide bonds. The van der Waals surface area contributed by atoms with Crippen molar-refractivity contribution in [3.05, 3.63) is 87.7 Å². The van der Waals surface area contributed by atoms with Crippen LogP contribution < -0.4 is 10.2 Å². The second kappa shape index (κ2) is 8.65. The second-order valence-corrected chi connectivity index (χ2v) is 8.22. The summed E-state index contributed by atoms with van der Waals surface area (Å²) in [6.45, 7) is 3.70. The molecule has 1 saturated heterocycles. The summed E-state index contributed by atoms with van der Waals surface area (Å²) in [5, 5.41) is 11.9. The fourth-order valence-electron chi connectivity index (χ4n) is 3.77. The van der Waals surface area contributed by atoms with E-state index in [4.69, 9.17) is 23.8 Å². The van der Waals surface area contributed by atoms with E-state index in [1.165, 1.54) is 17.0 Å². The third-order valence-corrected chi connectivity index (χ3v) is 5.92. The zero-order chi connectivity index (χ0) is 23.9. The fraction of sp³-hybridized carbons (Fsp3) is 0.0833. The smallest absolute Gasteiger partial charge is 0.337 e. The lowest BCUT2D eigenvalue weighted by molar-refractivity contribution is -0.122. The van der Waals surface area contributed by atoms with E-state index in [2.05, 4.69) is 5.32 Å². The minimum Gasteiger partial charge on any atom is -0.478 e. The predicted molar refractivity (Wildman–Crippen MR) is 130 cm³/mol. The maximum atomic E-state index is 13.2. The van der Waals surface area contributed by atoms with Gasteiger partial charge in [0.15, 0.2) is 5.11 Å². The van der Waals surface area contributed by atoms with Gasteiger partial charge in [0.05, 0.1) is 16.3 Å². The number of aryl methyl sites for hydroxylation is 1. The molecule has 0 saturated carbocycles. The van der Waals surface area contributed by atoms with Crippen molar-refractivity contribution >= 4 is 58.5 Å². The van der Waals surface area contributed by atoms with Crippen LogP contribution in [0.1, 0.15) is 27.3 Å². The minimum atomic E-state index is -1.11. The summed E-state index contributed by atoms with van der Waals surface area (Å²) >= 11 is 11.4. The Labute approximate surface area is 199 Å². The number of thiocarbonyl (C=S) groups is 1. The molecule has 7 nitrogen and oxygen atoms in total. The van der Waals surface area contributed by atoms with Crippen LogP contribution in [0.2, 0.25) is 5.02 Å². The number of para-hydroxylation sites is 1. The molecule has 0 aliphatic carbocycles. The highest BCUT2D eigenvalue weighted by atomic mass is 35.5. The average Bonchev–Trinajstić information content (AvgIpc) is 3.04. The van der Waals surface area contributed by atoms with Gasteiger partial charge in [0.25, 0.3) is 11.8 Å². The fourth-order valence-corrected chi connectivity index (χ4v) is 4.31.